The van der Waals surface area contributed by atoms with Gasteiger partial charge >= 0.3 is 5.97 Å². The lowest BCUT2D eigenvalue weighted by Gasteiger charge is -2.28. The molecule has 6 heteroatoms. The summed E-state index contributed by atoms with van der Waals surface area (Å²) >= 11 is 1.73. The van der Waals surface area contributed by atoms with E-state index in [-0.39, 0.29) is 5.57 Å². The Bertz CT molecular complexity index is 932. The summed E-state index contributed by atoms with van der Waals surface area (Å²) in [7, 11) is 2.10. The fraction of sp³-hybridized carbons (Fsp3) is 0.304. The SMILES string of the molecule is C=N/C=C\C(C(=O)O)=C(/C)NC[C@@H]1CCCc2cc(N(C)c3cccs3)ccc21. The standard InChI is InChI=1S/C23H27N3O2S/c1-16(20(23(27)28)11-12-24-2)25-15-18-7-4-6-17-14-19(9-10-21(17)18)26(3)22-8-5-13-29-22/h5,8-14,18,25H,2,4,6-7,15H2,1,3H3,(H,27,28)/b12-11-,20-16-/t18-/m0/s1. The highest BCUT2D eigenvalue weighted by Gasteiger charge is 2.21. The van der Waals surface area contributed by atoms with Gasteiger partial charge in [-0.2, -0.15) is 0 Å². The van der Waals surface area contributed by atoms with Crippen molar-refractivity contribution in [2.45, 2.75) is 32.1 Å². The van der Waals surface area contributed by atoms with Gasteiger partial charge in [-0.15, -0.1) is 11.3 Å². The molecule has 0 spiro atoms. The molecule has 0 amide bonds. The number of nitrogens with zero attached hydrogens (tertiary/aromatic N) is 2. The maximum absolute atomic E-state index is 11.5. The number of aliphatic imine (C=N–C) groups is 1. The van der Waals surface area contributed by atoms with Crippen LogP contribution in [0.4, 0.5) is 10.7 Å². The van der Waals surface area contributed by atoms with Crippen molar-refractivity contribution in [3.63, 3.8) is 0 Å². The number of fused-ring (bicyclic) bond motifs is 1. The van der Waals surface area contributed by atoms with Crippen LogP contribution in [0, 0.1) is 0 Å². The summed E-state index contributed by atoms with van der Waals surface area (Å²) in [5, 5.41) is 16.0. The van der Waals surface area contributed by atoms with E-state index < -0.39 is 5.97 Å². The van der Waals surface area contributed by atoms with Crippen molar-refractivity contribution < 1.29 is 9.90 Å². The van der Waals surface area contributed by atoms with Crippen LogP contribution in [0.2, 0.25) is 0 Å². The molecule has 0 bridgehead atoms. The number of aryl methyl sites for hydroxylation is 1. The van der Waals surface area contributed by atoms with Gasteiger partial charge in [-0.3, -0.25) is 4.99 Å². The summed E-state index contributed by atoms with van der Waals surface area (Å²) in [6.45, 7) is 5.86. The number of aliphatic carboxylic acids is 1. The normalized spacial score (nSPS) is 16.8. The Kier molecular flexibility index (Phi) is 6.88. The number of carbonyl (C=O) groups is 1. The number of carboxylic acids is 1. The van der Waals surface area contributed by atoms with Crippen LogP contribution in [0.5, 0.6) is 0 Å². The van der Waals surface area contributed by atoms with Crippen molar-refractivity contribution >= 4 is 34.7 Å². The third kappa shape index (κ3) is 4.95. The van der Waals surface area contributed by atoms with Gasteiger partial charge in [-0.25, -0.2) is 4.79 Å². The van der Waals surface area contributed by atoms with Gasteiger partial charge in [0.15, 0.2) is 0 Å². The highest BCUT2D eigenvalue weighted by atomic mass is 32.1. The second-order valence-corrected chi connectivity index (χ2v) is 8.13. The molecule has 152 valence electrons. The molecule has 1 aromatic carbocycles. The molecule has 1 heterocycles. The van der Waals surface area contributed by atoms with E-state index in [1.54, 1.807) is 18.3 Å². The molecule has 0 fully saturated rings. The third-order valence-electron chi connectivity index (χ3n) is 5.38. The number of carboxylic acid groups (broad SMARTS) is 1. The van der Waals surface area contributed by atoms with E-state index in [4.69, 9.17) is 0 Å². The fourth-order valence-electron chi connectivity index (χ4n) is 3.77. The van der Waals surface area contributed by atoms with E-state index in [0.717, 1.165) is 19.3 Å². The van der Waals surface area contributed by atoms with E-state index in [2.05, 4.69) is 64.7 Å². The zero-order valence-electron chi connectivity index (χ0n) is 16.9. The molecule has 2 aromatic rings. The van der Waals surface area contributed by atoms with Crippen LogP contribution in [-0.4, -0.2) is 31.4 Å². The highest BCUT2D eigenvalue weighted by Crippen LogP contribution is 2.36. The lowest BCUT2D eigenvalue weighted by Crippen LogP contribution is -2.25. The van der Waals surface area contributed by atoms with Crippen molar-refractivity contribution in [1.82, 2.24) is 5.32 Å². The molecule has 1 aliphatic rings. The zero-order valence-corrected chi connectivity index (χ0v) is 17.7. The van der Waals surface area contributed by atoms with Gasteiger partial charge in [-0.1, -0.05) is 6.07 Å². The van der Waals surface area contributed by atoms with Crippen LogP contribution in [0.3, 0.4) is 0 Å². The molecule has 0 aliphatic heterocycles. The first-order valence-electron chi connectivity index (χ1n) is 9.71. The molecule has 5 nitrogen and oxygen atoms in total. The van der Waals surface area contributed by atoms with Crippen molar-refractivity contribution in [1.29, 1.82) is 0 Å². The summed E-state index contributed by atoms with van der Waals surface area (Å²) in [6, 6.07) is 10.9. The Morgan fingerprint density at radius 3 is 2.97 bits per heavy atom. The molecular weight excluding hydrogens is 382 g/mol. The first-order valence-corrected chi connectivity index (χ1v) is 10.6. The summed E-state index contributed by atoms with van der Waals surface area (Å²) in [6.07, 6.45) is 6.19. The largest absolute Gasteiger partial charge is 0.478 e. The Labute approximate surface area is 176 Å². The Morgan fingerprint density at radius 1 is 1.45 bits per heavy atom. The van der Waals surface area contributed by atoms with E-state index in [1.165, 1.54) is 34.1 Å². The summed E-state index contributed by atoms with van der Waals surface area (Å²) < 4.78 is 0. The second-order valence-electron chi connectivity index (χ2n) is 7.21. The van der Waals surface area contributed by atoms with Gasteiger partial charge < -0.3 is 15.3 Å². The van der Waals surface area contributed by atoms with Gasteiger partial charge in [0.1, 0.15) is 0 Å². The minimum Gasteiger partial charge on any atom is -0.478 e. The number of rotatable bonds is 8. The van der Waals surface area contributed by atoms with Crippen LogP contribution >= 0.6 is 11.3 Å². The predicted molar refractivity (Wildman–Crippen MR) is 122 cm³/mol. The molecule has 0 saturated carbocycles. The van der Waals surface area contributed by atoms with Gasteiger partial charge in [-0.05, 0) is 79.8 Å². The molecule has 2 N–H and O–H groups in total. The molecule has 1 aliphatic carbocycles. The smallest absolute Gasteiger partial charge is 0.337 e. The van der Waals surface area contributed by atoms with E-state index in [0.29, 0.717) is 18.2 Å². The molecule has 3 rings (SSSR count). The highest BCUT2D eigenvalue weighted by molar-refractivity contribution is 7.14. The van der Waals surface area contributed by atoms with Gasteiger partial charge in [0.25, 0.3) is 0 Å². The maximum atomic E-state index is 11.5. The van der Waals surface area contributed by atoms with E-state index in [1.807, 2.05) is 0 Å². The average Bonchev–Trinajstić information content (AvgIpc) is 3.26. The minimum absolute atomic E-state index is 0.210. The van der Waals surface area contributed by atoms with Crippen LogP contribution in [0.25, 0.3) is 0 Å². The van der Waals surface area contributed by atoms with Crippen molar-refractivity contribution in [3.05, 3.63) is 70.4 Å². The molecule has 0 saturated heterocycles. The Balaban J connectivity index is 1.76. The number of allylic oxidation sites excluding steroid dienone is 1. The topological polar surface area (TPSA) is 64.9 Å². The monoisotopic (exact) mass is 409 g/mol. The zero-order chi connectivity index (χ0) is 20.8. The lowest BCUT2D eigenvalue weighted by atomic mass is 9.82. The van der Waals surface area contributed by atoms with Gasteiger partial charge in [0.05, 0.1) is 10.6 Å². The van der Waals surface area contributed by atoms with Crippen LogP contribution in [0.1, 0.15) is 36.8 Å². The van der Waals surface area contributed by atoms with E-state index in [9.17, 15) is 9.90 Å². The van der Waals surface area contributed by atoms with Crippen LogP contribution in [-0.2, 0) is 11.2 Å². The molecule has 1 atom stereocenters. The summed E-state index contributed by atoms with van der Waals surface area (Å²) in [5.74, 6) is -0.605. The van der Waals surface area contributed by atoms with Crippen molar-refractivity contribution in [3.8, 4) is 0 Å². The fourth-order valence-corrected chi connectivity index (χ4v) is 4.48. The second kappa shape index (κ2) is 9.56. The maximum Gasteiger partial charge on any atom is 0.337 e. The van der Waals surface area contributed by atoms with Crippen LogP contribution in [0.15, 0.2) is 64.3 Å². The molecule has 29 heavy (non-hydrogen) atoms. The number of thiophene rings is 1. The quantitative estimate of drug-likeness (QED) is 0.362. The van der Waals surface area contributed by atoms with Crippen LogP contribution < -0.4 is 10.2 Å². The minimum atomic E-state index is -0.972. The van der Waals surface area contributed by atoms with Crippen molar-refractivity contribution in [2.24, 2.45) is 4.99 Å². The summed E-state index contributed by atoms with van der Waals surface area (Å²) in [5.41, 5.74) is 4.80. The Morgan fingerprint density at radius 2 is 2.28 bits per heavy atom. The first kappa shape index (κ1) is 20.9. The third-order valence-corrected chi connectivity index (χ3v) is 6.33. The first-order chi connectivity index (χ1) is 14.0. The average molecular weight is 410 g/mol. The molecule has 0 radical (unpaired) electrons. The van der Waals surface area contributed by atoms with Crippen molar-refractivity contribution in [2.75, 3.05) is 18.5 Å². The number of benzene rings is 1. The van der Waals surface area contributed by atoms with E-state index >= 15 is 0 Å². The number of hydrogen-bond donors (Lipinski definition) is 2. The van der Waals surface area contributed by atoms with Gasteiger partial charge in [0, 0.05) is 37.1 Å². The molecular formula is C23H27N3O2S. The predicted octanol–water partition coefficient (Wildman–Crippen LogP) is 5.10. The Hall–Kier alpha value is -2.86. The number of hydrogen-bond acceptors (Lipinski definition) is 5. The molecule has 0 unspecified atom stereocenters. The van der Waals surface area contributed by atoms with Gasteiger partial charge in [0.2, 0.25) is 0 Å². The number of nitrogens with one attached hydrogen (secondary N) is 1. The molecule has 1 aromatic heterocycles. The summed E-state index contributed by atoms with van der Waals surface area (Å²) in [4.78, 5) is 17.3. The number of anilines is 2. The lowest BCUT2D eigenvalue weighted by molar-refractivity contribution is -0.132.